The molecule has 0 heterocycles. The number of nitrogens with zero attached hydrogens (tertiary/aromatic N) is 2. The monoisotopic (exact) mass is 567 g/mol. The van der Waals surface area contributed by atoms with Crippen LogP contribution < -0.4 is 9.62 Å². The van der Waals surface area contributed by atoms with Crippen molar-refractivity contribution in [1.82, 2.24) is 10.2 Å². The molecule has 3 rings (SSSR count). The Morgan fingerprint density at radius 1 is 0.875 bits per heavy atom. The lowest BCUT2D eigenvalue weighted by atomic mass is 10.0. The minimum atomic E-state index is -3.66. The van der Waals surface area contributed by atoms with Crippen molar-refractivity contribution in [3.63, 3.8) is 0 Å². The highest BCUT2D eigenvalue weighted by molar-refractivity contribution is 7.92. The average molecular weight is 568 g/mol. The number of nitrogens with one attached hydrogen (secondary N) is 1. The molecule has 0 radical (unpaired) electrons. The molecule has 1 N–H and O–H groups in total. The van der Waals surface area contributed by atoms with Crippen LogP contribution in [-0.4, -0.2) is 50.5 Å². The van der Waals surface area contributed by atoms with Gasteiger partial charge < -0.3 is 10.2 Å². The molecule has 0 unspecified atom stereocenters. The first-order chi connectivity index (χ1) is 19.0. The summed E-state index contributed by atoms with van der Waals surface area (Å²) in [7, 11) is -3.66. The Balaban J connectivity index is 1.85. The van der Waals surface area contributed by atoms with E-state index in [0.29, 0.717) is 18.7 Å². The fourth-order valence-electron chi connectivity index (χ4n) is 4.37. The van der Waals surface area contributed by atoms with E-state index in [4.69, 9.17) is 0 Å². The lowest BCUT2D eigenvalue weighted by molar-refractivity contribution is -0.141. The van der Waals surface area contributed by atoms with Gasteiger partial charge in [0.2, 0.25) is 21.8 Å². The van der Waals surface area contributed by atoms with Gasteiger partial charge in [-0.1, -0.05) is 74.5 Å². The van der Waals surface area contributed by atoms with E-state index < -0.39 is 21.9 Å². The molecule has 7 nitrogen and oxygen atoms in total. The Morgan fingerprint density at radius 3 is 2.00 bits per heavy atom. The SMILES string of the molecule is CC(C)CNC(=O)[C@@H](Cc1ccccc1)N(Cc1ccccc1)C(=O)CCCN(c1ccc(F)cc1)S(C)(=O)=O. The van der Waals surface area contributed by atoms with Gasteiger partial charge in [-0.3, -0.25) is 13.9 Å². The third-order valence-electron chi connectivity index (χ3n) is 6.42. The zero-order valence-electron chi connectivity index (χ0n) is 23.3. The van der Waals surface area contributed by atoms with Crippen molar-refractivity contribution in [2.24, 2.45) is 5.92 Å². The second-order valence-electron chi connectivity index (χ2n) is 10.3. The molecule has 214 valence electrons. The van der Waals surface area contributed by atoms with Crippen molar-refractivity contribution in [3.05, 3.63) is 102 Å². The molecule has 3 aromatic carbocycles. The van der Waals surface area contributed by atoms with Crippen LogP contribution in [0.4, 0.5) is 10.1 Å². The zero-order valence-corrected chi connectivity index (χ0v) is 24.1. The molecule has 40 heavy (non-hydrogen) atoms. The lowest BCUT2D eigenvalue weighted by Gasteiger charge is -2.32. The number of carbonyl (C=O) groups is 2. The molecule has 0 aliphatic rings. The summed E-state index contributed by atoms with van der Waals surface area (Å²) in [4.78, 5) is 28.9. The first-order valence-electron chi connectivity index (χ1n) is 13.4. The molecule has 0 saturated heterocycles. The van der Waals surface area contributed by atoms with Crippen LogP contribution in [0.3, 0.4) is 0 Å². The molecule has 0 saturated carbocycles. The number of carbonyl (C=O) groups excluding carboxylic acids is 2. The summed E-state index contributed by atoms with van der Waals surface area (Å²) < 4.78 is 39.5. The molecule has 0 spiro atoms. The minimum absolute atomic E-state index is 0.0306. The summed E-state index contributed by atoms with van der Waals surface area (Å²) >= 11 is 0. The molecule has 3 aromatic rings. The maximum absolute atomic E-state index is 13.8. The highest BCUT2D eigenvalue weighted by Gasteiger charge is 2.30. The predicted octanol–water partition coefficient (Wildman–Crippen LogP) is 4.78. The van der Waals surface area contributed by atoms with Crippen LogP contribution in [0.5, 0.6) is 0 Å². The van der Waals surface area contributed by atoms with Crippen LogP contribution >= 0.6 is 0 Å². The van der Waals surface area contributed by atoms with E-state index >= 15 is 0 Å². The van der Waals surface area contributed by atoms with Gasteiger partial charge in [-0.25, -0.2) is 12.8 Å². The highest BCUT2D eigenvalue weighted by Crippen LogP contribution is 2.20. The highest BCUT2D eigenvalue weighted by atomic mass is 32.2. The van der Waals surface area contributed by atoms with Gasteiger partial charge in [-0.15, -0.1) is 0 Å². The molecule has 1 atom stereocenters. The molecule has 9 heteroatoms. The number of hydrogen-bond donors (Lipinski definition) is 1. The third kappa shape index (κ3) is 9.48. The van der Waals surface area contributed by atoms with E-state index in [1.54, 1.807) is 4.90 Å². The van der Waals surface area contributed by atoms with Gasteiger partial charge in [0, 0.05) is 32.5 Å². The second kappa shape index (κ2) is 14.6. The molecular formula is C31H38FN3O4S. The standard InChI is InChI=1S/C31H38FN3O4S/c1-24(2)22-33-31(37)29(21-25-11-6-4-7-12-25)34(23-26-13-8-5-9-14-26)30(36)15-10-20-35(40(3,38)39)28-18-16-27(32)17-19-28/h4-9,11-14,16-19,24,29H,10,15,20-23H2,1-3H3,(H,33,37)/t29-/m1/s1. The van der Waals surface area contributed by atoms with Crippen molar-refractivity contribution in [1.29, 1.82) is 0 Å². The average Bonchev–Trinajstić information content (AvgIpc) is 2.92. The predicted molar refractivity (Wildman–Crippen MR) is 157 cm³/mol. The number of rotatable bonds is 14. The molecule has 0 bridgehead atoms. The number of anilines is 1. The first-order valence-corrected chi connectivity index (χ1v) is 15.3. The Hall–Kier alpha value is -3.72. The quantitative estimate of drug-likeness (QED) is 0.304. The van der Waals surface area contributed by atoms with Crippen molar-refractivity contribution in [2.45, 2.75) is 45.7 Å². The molecule has 0 aliphatic carbocycles. The topological polar surface area (TPSA) is 86.8 Å². The zero-order chi connectivity index (χ0) is 29.1. The van der Waals surface area contributed by atoms with Gasteiger partial charge in [0.25, 0.3) is 0 Å². The van der Waals surface area contributed by atoms with Gasteiger partial charge in [0.1, 0.15) is 11.9 Å². The van der Waals surface area contributed by atoms with Crippen molar-refractivity contribution >= 4 is 27.5 Å². The second-order valence-corrected chi connectivity index (χ2v) is 12.2. The molecular weight excluding hydrogens is 529 g/mol. The summed E-state index contributed by atoms with van der Waals surface area (Å²) in [5, 5.41) is 2.99. The van der Waals surface area contributed by atoms with E-state index in [0.717, 1.165) is 21.7 Å². The molecule has 2 amide bonds. The van der Waals surface area contributed by atoms with Crippen molar-refractivity contribution < 1.29 is 22.4 Å². The molecule has 0 fully saturated rings. The maximum atomic E-state index is 13.8. The lowest BCUT2D eigenvalue weighted by Crippen LogP contribution is -2.51. The fourth-order valence-corrected chi connectivity index (χ4v) is 5.33. The van der Waals surface area contributed by atoms with Crippen LogP contribution in [0, 0.1) is 11.7 Å². The van der Waals surface area contributed by atoms with E-state index in [1.165, 1.54) is 24.3 Å². The van der Waals surface area contributed by atoms with E-state index in [1.807, 2.05) is 74.5 Å². The number of amides is 2. The van der Waals surface area contributed by atoms with Gasteiger partial charge in [0.15, 0.2) is 0 Å². The van der Waals surface area contributed by atoms with Crippen molar-refractivity contribution in [3.8, 4) is 0 Å². The number of hydrogen-bond acceptors (Lipinski definition) is 4. The summed E-state index contributed by atoms with van der Waals surface area (Å²) in [6.45, 7) is 4.78. The van der Waals surface area contributed by atoms with E-state index in [2.05, 4.69) is 5.32 Å². The molecule has 0 aromatic heterocycles. The van der Waals surface area contributed by atoms with E-state index in [-0.39, 0.29) is 43.7 Å². The third-order valence-corrected chi connectivity index (χ3v) is 7.61. The van der Waals surface area contributed by atoms with E-state index in [9.17, 15) is 22.4 Å². The summed E-state index contributed by atoms with van der Waals surface area (Å²) in [6.07, 6.45) is 1.67. The normalized spacial score (nSPS) is 12.1. The van der Waals surface area contributed by atoms with Crippen LogP contribution in [0.1, 0.15) is 37.8 Å². The van der Waals surface area contributed by atoms with Crippen LogP contribution in [0.15, 0.2) is 84.9 Å². The van der Waals surface area contributed by atoms with Crippen LogP contribution in [0.2, 0.25) is 0 Å². The Bertz CT molecular complexity index is 1330. The van der Waals surface area contributed by atoms with Gasteiger partial charge in [0.05, 0.1) is 11.9 Å². The number of sulfonamides is 1. The Labute approximate surface area is 237 Å². The Morgan fingerprint density at radius 2 is 1.45 bits per heavy atom. The first kappa shape index (κ1) is 30.8. The maximum Gasteiger partial charge on any atom is 0.243 e. The largest absolute Gasteiger partial charge is 0.354 e. The summed E-state index contributed by atoms with van der Waals surface area (Å²) in [5.74, 6) is -0.708. The summed E-state index contributed by atoms with van der Waals surface area (Å²) in [6, 6.07) is 23.5. The van der Waals surface area contributed by atoms with Crippen LogP contribution in [-0.2, 0) is 32.6 Å². The number of halogens is 1. The fraction of sp³-hybridized carbons (Fsp3) is 0.355. The minimum Gasteiger partial charge on any atom is -0.354 e. The van der Waals surface area contributed by atoms with Gasteiger partial charge in [-0.05, 0) is 47.7 Å². The van der Waals surface area contributed by atoms with Gasteiger partial charge >= 0.3 is 0 Å². The van der Waals surface area contributed by atoms with Crippen molar-refractivity contribution in [2.75, 3.05) is 23.7 Å². The van der Waals surface area contributed by atoms with Gasteiger partial charge in [-0.2, -0.15) is 0 Å². The number of benzene rings is 3. The Kier molecular flexibility index (Phi) is 11.3. The summed E-state index contributed by atoms with van der Waals surface area (Å²) in [5.41, 5.74) is 2.14. The van der Waals surface area contributed by atoms with Crippen LogP contribution in [0.25, 0.3) is 0 Å². The smallest absolute Gasteiger partial charge is 0.243 e. The molecule has 0 aliphatic heterocycles.